The molecule has 0 aliphatic carbocycles. The number of benzene rings is 1. The van der Waals surface area contributed by atoms with E-state index in [9.17, 15) is 22.8 Å². The number of carbonyl (C=O) groups excluding carboxylic acids is 2. The number of carbonyl (C=O) groups is 2. The van der Waals surface area contributed by atoms with Crippen molar-refractivity contribution in [2.45, 2.75) is 6.18 Å². The van der Waals surface area contributed by atoms with Crippen LogP contribution in [0.3, 0.4) is 0 Å². The fourth-order valence-corrected chi connectivity index (χ4v) is 1.36. The molecule has 0 aliphatic heterocycles. The second-order valence-electron chi connectivity index (χ2n) is 2.99. The quantitative estimate of drug-likeness (QED) is 0.607. The van der Waals surface area contributed by atoms with E-state index in [4.69, 9.17) is 16.9 Å². The predicted molar refractivity (Wildman–Crippen MR) is 51.7 cm³/mol. The summed E-state index contributed by atoms with van der Waals surface area (Å²) >= 11 is 5.06. The lowest BCUT2D eigenvalue weighted by Crippen LogP contribution is -2.10. The first kappa shape index (κ1) is 13.2. The van der Waals surface area contributed by atoms with Crippen LogP contribution in [0.5, 0.6) is 0 Å². The summed E-state index contributed by atoms with van der Waals surface area (Å²) in [6.07, 6.45) is -4.61. The van der Waals surface area contributed by atoms with Gasteiger partial charge in [0.05, 0.1) is 17.2 Å². The van der Waals surface area contributed by atoms with E-state index in [-0.39, 0.29) is 6.29 Å². The van der Waals surface area contributed by atoms with Crippen LogP contribution in [0, 0.1) is 11.3 Å². The van der Waals surface area contributed by atoms with E-state index in [2.05, 4.69) is 0 Å². The molecule has 0 spiro atoms. The Labute approximate surface area is 98.4 Å². The fourth-order valence-electron chi connectivity index (χ4n) is 1.20. The van der Waals surface area contributed by atoms with Crippen LogP contribution in [-0.2, 0) is 6.18 Å². The Kier molecular flexibility index (Phi) is 3.53. The monoisotopic (exact) mass is 261 g/mol. The molecule has 88 valence electrons. The maximum Gasteiger partial charge on any atom is 0.416 e. The molecule has 0 N–H and O–H groups in total. The molecule has 1 aromatic rings. The van der Waals surface area contributed by atoms with Gasteiger partial charge in [-0.25, -0.2) is 0 Å². The molecule has 1 aromatic carbocycles. The molecule has 0 atom stereocenters. The SMILES string of the molecule is N#Cc1cc(C(F)(F)F)cc(C(=O)Cl)c1C=O. The van der Waals surface area contributed by atoms with Gasteiger partial charge in [-0.05, 0) is 23.7 Å². The molecule has 3 nitrogen and oxygen atoms in total. The molecule has 1 rings (SSSR count). The maximum absolute atomic E-state index is 12.4. The summed E-state index contributed by atoms with van der Waals surface area (Å²) in [6, 6.07) is 2.35. The molecular formula is C10H3ClF3NO2. The summed E-state index contributed by atoms with van der Waals surface area (Å²) in [5, 5.41) is 7.39. The summed E-state index contributed by atoms with van der Waals surface area (Å²) < 4.78 is 37.3. The van der Waals surface area contributed by atoms with E-state index < -0.39 is 33.7 Å². The summed E-state index contributed by atoms with van der Waals surface area (Å²) in [5.41, 5.74) is -2.82. The molecule has 0 amide bonds. The van der Waals surface area contributed by atoms with E-state index >= 15 is 0 Å². The Morgan fingerprint density at radius 3 is 2.35 bits per heavy atom. The first-order valence-corrected chi connectivity index (χ1v) is 4.49. The number of alkyl halides is 3. The van der Waals surface area contributed by atoms with Crippen molar-refractivity contribution >= 4 is 23.1 Å². The standard InChI is InChI=1S/C10H3ClF3NO2/c11-9(17)7-2-6(10(12,13)14)1-5(3-15)8(7)4-16/h1-2,4H. The summed E-state index contributed by atoms with van der Waals surface area (Å²) in [5.74, 6) is 0. The van der Waals surface area contributed by atoms with Gasteiger partial charge < -0.3 is 0 Å². The molecule has 0 aliphatic rings. The molecule has 0 fully saturated rings. The molecule has 0 saturated heterocycles. The van der Waals surface area contributed by atoms with E-state index in [1.165, 1.54) is 6.07 Å². The number of halogens is 4. The Balaban J connectivity index is 3.64. The van der Waals surface area contributed by atoms with Crippen LogP contribution in [0.1, 0.15) is 31.8 Å². The Morgan fingerprint density at radius 1 is 1.41 bits per heavy atom. The highest BCUT2D eigenvalue weighted by Gasteiger charge is 2.33. The molecule has 0 unspecified atom stereocenters. The van der Waals surface area contributed by atoms with Gasteiger partial charge in [-0.2, -0.15) is 18.4 Å². The van der Waals surface area contributed by atoms with Gasteiger partial charge in [-0.1, -0.05) is 0 Å². The van der Waals surface area contributed by atoms with Gasteiger partial charge in [0.1, 0.15) is 0 Å². The van der Waals surface area contributed by atoms with Crippen LogP contribution in [0.2, 0.25) is 0 Å². The first-order valence-electron chi connectivity index (χ1n) is 4.11. The number of rotatable bonds is 2. The third-order valence-electron chi connectivity index (χ3n) is 1.96. The van der Waals surface area contributed by atoms with Crippen molar-refractivity contribution in [3.05, 3.63) is 34.4 Å². The van der Waals surface area contributed by atoms with E-state index in [1.54, 1.807) is 0 Å². The maximum atomic E-state index is 12.4. The van der Waals surface area contributed by atoms with Crippen molar-refractivity contribution < 1.29 is 22.8 Å². The third kappa shape index (κ3) is 2.63. The average Bonchev–Trinajstić information content (AvgIpc) is 2.25. The van der Waals surface area contributed by atoms with Gasteiger partial charge >= 0.3 is 6.18 Å². The minimum absolute atomic E-state index is 0.119. The second-order valence-corrected chi connectivity index (χ2v) is 3.33. The molecular weight excluding hydrogens is 259 g/mol. The van der Waals surface area contributed by atoms with Crippen molar-refractivity contribution in [3.8, 4) is 6.07 Å². The number of hydrogen-bond donors (Lipinski definition) is 0. The van der Waals surface area contributed by atoms with Crippen LogP contribution in [0.4, 0.5) is 13.2 Å². The number of hydrogen-bond acceptors (Lipinski definition) is 3. The second kappa shape index (κ2) is 4.55. The minimum Gasteiger partial charge on any atom is -0.298 e. The van der Waals surface area contributed by atoms with E-state index in [0.29, 0.717) is 12.1 Å². The van der Waals surface area contributed by atoms with Crippen LogP contribution in [0.15, 0.2) is 12.1 Å². The predicted octanol–water partition coefficient (Wildman–Crippen LogP) is 2.77. The topological polar surface area (TPSA) is 57.9 Å². The molecule has 7 heteroatoms. The smallest absolute Gasteiger partial charge is 0.298 e. The third-order valence-corrected chi connectivity index (χ3v) is 2.16. The van der Waals surface area contributed by atoms with Crippen molar-refractivity contribution in [2.75, 3.05) is 0 Å². The van der Waals surface area contributed by atoms with Gasteiger partial charge in [0.15, 0.2) is 6.29 Å². The lowest BCUT2D eigenvalue weighted by atomic mass is 9.99. The van der Waals surface area contributed by atoms with Crippen LogP contribution >= 0.6 is 11.6 Å². The zero-order valence-electron chi connectivity index (χ0n) is 8.01. The lowest BCUT2D eigenvalue weighted by molar-refractivity contribution is -0.137. The highest BCUT2D eigenvalue weighted by molar-refractivity contribution is 6.68. The summed E-state index contributed by atoms with van der Waals surface area (Å²) in [6.45, 7) is 0. The van der Waals surface area contributed by atoms with Crippen LogP contribution < -0.4 is 0 Å². The summed E-state index contributed by atoms with van der Waals surface area (Å²) in [4.78, 5) is 21.5. The number of aldehydes is 1. The van der Waals surface area contributed by atoms with Crippen molar-refractivity contribution in [2.24, 2.45) is 0 Å². The minimum atomic E-state index is -4.73. The molecule has 0 heterocycles. The largest absolute Gasteiger partial charge is 0.416 e. The van der Waals surface area contributed by atoms with E-state index in [0.717, 1.165) is 0 Å². The van der Waals surface area contributed by atoms with Crippen molar-refractivity contribution in [3.63, 3.8) is 0 Å². The van der Waals surface area contributed by atoms with Crippen molar-refractivity contribution in [1.82, 2.24) is 0 Å². The zero-order chi connectivity index (χ0) is 13.2. The lowest BCUT2D eigenvalue weighted by Gasteiger charge is -2.10. The molecule has 0 aromatic heterocycles. The molecule has 0 bridgehead atoms. The Bertz CT molecular complexity index is 532. The normalized spacial score (nSPS) is 10.8. The van der Waals surface area contributed by atoms with Gasteiger partial charge in [0, 0.05) is 11.1 Å². The van der Waals surface area contributed by atoms with Gasteiger partial charge in [-0.15, -0.1) is 0 Å². The highest BCUT2D eigenvalue weighted by atomic mass is 35.5. The van der Waals surface area contributed by atoms with Crippen molar-refractivity contribution in [1.29, 1.82) is 5.26 Å². The number of nitrogens with zero attached hydrogens (tertiary/aromatic N) is 1. The Hall–Kier alpha value is -1.87. The Morgan fingerprint density at radius 2 is 2.00 bits per heavy atom. The molecule has 17 heavy (non-hydrogen) atoms. The fraction of sp³-hybridized carbons (Fsp3) is 0.100. The van der Waals surface area contributed by atoms with E-state index in [1.807, 2.05) is 0 Å². The van der Waals surface area contributed by atoms with Crippen LogP contribution in [-0.4, -0.2) is 11.5 Å². The van der Waals surface area contributed by atoms with Crippen LogP contribution in [0.25, 0.3) is 0 Å². The molecule has 0 saturated carbocycles. The zero-order valence-corrected chi connectivity index (χ0v) is 8.76. The van der Waals surface area contributed by atoms with Gasteiger partial charge in [0.25, 0.3) is 5.24 Å². The average molecular weight is 262 g/mol. The number of nitriles is 1. The summed E-state index contributed by atoms with van der Waals surface area (Å²) in [7, 11) is 0. The van der Waals surface area contributed by atoms with Gasteiger partial charge in [0.2, 0.25) is 0 Å². The molecule has 0 radical (unpaired) electrons. The van der Waals surface area contributed by atoms with Gasteiger partial charge in [-0.3, -0.25) is 9.59 Å². The first-order chi connectivity index (χ1) is 7.81. The highest BCUT2D eigenvalue weighted by Crippen LogP contribution is 2.32.